The number of urea groups is 1. The zero-order chi connectivity index (χ0) is 17.8. The number of carbonyl (C=O) groups is 1. The summed E-state index contributed by atoms with van der Waals surface area (Å²) in [6.45, 7) is 4.23. The van der Waals surface area contributed by atoms with E-state index in [0.29, 0.717) is 5.82 Å². The van der Waals surface area contributed by atoms with Crippen molar-refractivity contribution < 1.29 is 4.79 Å². The number of nitrogens with zero attached hydrogens (tertiary/aromatic N) is 5. The van der Waals surface area contributed by atoms with Crippen LogP contribution in [-0.2, 0) is 0 Å². The van der Waals surface area contributed by atoms with E-state index in [1.54, 1.807) is 14.5 Å². The first-order chi connectivity index (χ1) is 12.1. The minimum atomic E-state index is -0.0760. The van der Waals surface area contributed by atoms with Crippen LogP contribution in [0, 0.1) is 0 Å². The van der Waals surface area contributed by atoms with Crippen molar-refractivity contribution in [1.29, 1.82) is 0 Å². The molecule has 25 heavy (non-hydrogen) atoms. The van der Waals surface area contributed by atoms with E-state index in [-0.39, 0.29) is 18.1 Å². The highest BCUT2D eigenvalue weighted by molar-refractivity contribution is 5.94. The maximum Gasteiger partial charge on any atom is 0.326 e. The van der Waals surface area contributed by atoms with Crippen molar-refractivity contribution in [3.63, 3.8) is 0 Å². The number of anilines is 1. The summed E-state index contributed by atoms with van der Waals surface area (Å²) < 4.78 is 1.67. The van der Waals surface area contributed by atoms with Gasteiger partial charge in [-0.15, -0.1) is 5.10 Å². The minimum absolute atomic E-state index is 0.0524. The number of carbonyl (C=O) groups excluding carboxylic acids is 1. The normalized spacial score (nSPS) is 20.8. The van der Waals surface area contributed by atoms with Crippen molar-refractivity contribution in [2.24, 2.45) is 0 Å². The summed E-state index contributed by atoms with van der Waals surface area (Å²) in [7, 11) is 1.83. The Kier molecular flexibility index (Phi) is 5.16. The zero-order valence-corrected chi connectivity index (χ0v) is 15.0. The van der Waals surface area contributed by atoms with E-state index >= 15 is 0 Å². The van der Waals surface area contributed by atoms with Gasteiger partial charge in [0.2, 0.25) is 0 Å². The number of allylic oxidation sites excluding steroid dienone is 1. The first kappa shape index (κ1) is 17.2. The number of likely N-dealkylation sites (N-methyl/N-ethyl adjacent to an activating group) is 1. The van der Waals surface area contributed by atoms with Crippen LogP contribution in [0.3, 0.4) is 0 Å². The summed E-state index contributed by atoms with van der Waals surface area (Å²) in [6, 6.07) is 10.0. The third-order valence-corrected chi connectivity index (χ3v) is 4.72. The standard InChI is InChI=1S/C19H25N5O/c1-4-5-6-10-13-23-14-17(20-21-23)24-18(15(2)22(3)19(24)25)16-11-8-7-9-12-16/h7-15,18H,4-6H2,1-3H3/b13-10+/t15-,18-/m0/s1. The van der Waals surface area contributed by atoms with Crippen LogP contribution in [0.15, 0.2) is 42.6 Å². The van der Waals surface area contributed by atoms with E-state index in [4.69, 9.17) is 0 Å². The molecular weight excluding hydrogens is 314 g/mol. The van der Waals surface area contributed by atoms with Crippen LogP contribution in [0.2, 0.25) is 0 Å². The summed E-state index contributed by atoms with van der Waals surface area (Å²) in [6.07, 6.45) is 9.12. The van der Waals surface area contributed by atoms with Gasteiger partial charge in [-0.3, -0.25) is 4.90 Å². The van der Waals surface area contributed by atoms with Crippen molar-refractivity contribution in [2.75, 3.05) is 11.9 Å². The molecule has 2 amide bonds. The molecule has 6 heteroatoms. The first-order valence-electron chi connectivity index (χ1n) is 8.83. The Bertz CT molecular complexity index is 739. The van der Waals surface area contributed by atoms with Crippen molar-refractivity contribution in [1.82, 2.24) is 19.9 Å². The van der Waals surface area contributed by atoms with Crippen molar-refractivity contribution in [2.45, 2.75) is 45.2 Å². The molecule has 0 aliphatic carbocycles. The minimum Gasteiger partial charge on any atom is -0.322 e. The molecule has 0 radical (unpaired) electrons. The number of hydrogen-bond donors (Lipinski definition) is 0. The Morgan fingerprint density at radius 1 is 1.24 bits per heavy atom. The molecule has 1 aromatic carbocycles. The largest absolute Gasteiger partial charge is 0.326 e. The molecule has 2 heterocycles. The second-order valence-corrected chi connectivity index (χ2v) is 6.44. The fourth-order valence-electron chi connectivity index (χ4n) is 3.16. The van der Waals surface area contributed by atoms with E-state index in [1.165, 1.54) is 0 Å². The topological polar surface area (TPSA) is 54.3 Å². The van der Waals surface area contributed by atoms with Crippen LogP contribution >= 0.6 is 0 Å². The van der Waals surface area contributed by atoms with Gasteiger partial charge in [0, 0.05) is 13.2 Å². The fraction of sp³-hybridized carbons (Fsp3) is 0.421. The van der Waals surface area contributed by atoms with E-state index in [2.05, 4.69) is 42.4 Å². The lowest BCUT2D eigenvalue weighted by atomic mass is 10.0. The molecule has 1 saturated heterocycles. The third-order valence-electron chi connectivity index (χ3n) is 4.72. The molecule has 1 aliphatic rings. The smallest absolute Gasteiger partial charge is 0.322 e. The highest BCUT2D eigenvalue weighted by Gasteiger charge is 2.44. The van der Waals surface area contributed by atoms with E-state index in [1.807, 2.05) is 37.6 Å². The molecule has 1 aromatic heterocycles. The number of rotatable bonds is 6. The van der Waals surface area contributed by atoms with Gasteiger partial charge in [-0.1, -0.05) is 61.4 Å². The van der Waals surface area contributed by atoms with Gasteiger partial charge >= 0.3 is 6.03 Å². The second kappa shape index (κ2) is 7.51. The van der Waals surface area contributed by atoms with E-state index in [9.17, 15) is 4.79 Å². The molecule has 132 valence electrons. The summed E-state index contributed by atoms with van der Waals surface area (Å²) in [5, 5.41) is 8.37. The molecule has 2 aromatic rings. The lowest BCUT2D eigenvalue weighted by Crippen LogP contribution is -2.31. The highest BCUT2D eigenvalue weighted by atomic mass is 16.2. The number of hydrogen-bond acceptors (Lipinski definition) is 3. The molecule has 0 spiro atoms. The van der Waals surface area contributed by atoms with Crippen molar-refractivity contribution >= 4 is 18.0 Å². The molecule has 1 aliphatic heterocycles. The van der Waals surface area contributed by atoms with Gasteiger partial charge in [-0.2, -0.15) is 0 Å². The van der Waals surface area contributed by atoms with Gasteiger partial charge in [0.05, 0.1) is 18.3 Å². The lowest BCUT2D eigenvalue weighted by molar-refractivity contribution is 0.220. The predicted octanol–water partition coefficient (Wildman–Crippen LogP) is 3.94. The molecular formula is C19H25N5O. The van der Waals surface area contributed by atoms with Crippen LogP contribution in [0.1, 0.15) is 44.7 Å². The molecule has 0 saturated carbocycles. The maximum absolute atomic E-state index is 12.8. The van der Waals surface area contributed by atoms with Gasteiger partial charge in [0.15, 0.2) is 5.82 Å². The van der Waals surface area contributed by atoms with Crippen LogP contribution < -0.4 is 4.90 Å². The maximum atomic E-state index is 12.8. The molecule has 1 fully saturated rings. The van der Waals surface area contributed by atoms with Crippen LogP contribution in [0.25, 0.3) is 6.20 Å². The molecule has 0 N–H and O–H groups in total. The Balaban J connectivity index is 1.87. The van der Waals surface area contributed by atoms with Gasteiger partial charge in [-0.25, -0.2) is 9.48 Å². The average molecular weight is 339 g/mol. The molecule has 3 rings (SSSR count). The van der Waals surface area contributed by atoms with E-state index in [0.717, 1.165) is 24.8 Å². The quantitative estimate of drug-likeness (QED) is 0.749. The van der Waals surface area contributed by atoms with Gasteiger partial charge in [0.25, 0.3) is 0 Å². The van der Waals surface area contributed by atoms with E-state index < -0.39 is 0 Å². The third kappa shape index (κ3) is 3.43. The van der Waals surface area contributed by atoms with Gasteiger partial charge in [-0.05, 0) is 18.9 Å². The Morgan fingerprint density at radius 2 is 2.00 bits per heavy atom. The number of aromatic nitrogens is 3. The van der Waals surface area contributed by atoms with Crippen LogP contribution in [-0.4, -0.2) is 39.0 Å². The zero-order valence-electron chi connectivity index (χ0n) is 15.0. The molecule has 0 unspecified atom stereocenters. The average Bonchev–Trinajstić information content (AvgIpc) is 3.18. The Labute approximate surface area is 148 Å². The van der Waals surface area contributed by atoms with Crippen LogP contribution in [0.4, 0.5) is 10.6 Å². The molecule has 2 atom stereocenters. The molecule has 0 bridgehead atoms. The summed E-state index contributed by atoms with van der Waals surface area (Å²) >= 11 is 0. The fourth-order valence-corrected chi connectivity index (χ4v) is 3.16. The first-order valence-corrected chi connectivity index (χ1v) is 8.83. The lowest BCUT2D eigenvalue weighted by Gasteiger charge is -2.23. The summed E-state index contributed by atoms with van der Waals surface area (Å²) in [5.41, 5.74) is 1.10. The number of unbranched alkanes of at least 4 members (excludes halogenated alkanes) is 2. The second-order valence-electron chi connectivity index (χ2n) is 6.44. The van der Waals surface area contributed by atoms with Crippen molar-refractivity contribution in [3.05, 3.63) is 48.2 Å². The van der Waals surface area contributed by atoms with Crippen molar-refractivity contribution in [3.8, 4) is 0 Å². The summed E-state index contributed by atoms with van der Waals surface area (Å²) in [5.74, 6) is 0.579. The van der Waals surface area contributed by atoms with Gasteiger partial charge < -0.3 is 4.90 Å². The number of benzene rings is 1. The highest BCUT2D eigenvalue weighted by Crippen LogP contribution is 2.37. The Hall–Kier alpha value is -2.63. The predicted molar refractivity (Wildman–Crippen MR) is 99.2 cm³/mol. The van der Waals surface area contributed by atoms with Crippen LogP contribution in [0.5, 0.6) is 0 Å². The Morgan fingerprint density at radius 3 is 2.72 bits per heavy atom. The molecule has 6 nitrogen and oxygen atoms in total. The summed E-state index contributed by atoms with van der Waals surface area (Å²) in [4.78, 5) is 16.3. The monoisotopic (exact) mass is 339 g/mol. The number of amides is 2. The SMILES string of the molecule is CCCC/C=C/n1cc(N2C(=O)N(C)[C@@H](C)[C@H]2c2ccccc2)nn1. The van der Waals surface area contributed by atoms with Gasteiger partial charge in [0.1, 0.15) is 0 Å².